The third kappa shape index (κ3) is 5.89. The lowest BCUT2D eigenvalue weighted by Crippen LogP contribution is -2.43. The molecular formula is C17H22BrN3O3S. The standard InChI is InChI=1S/C17H22BrN3O3S/c1-17(2,3)21-14(22)10-24-15-11(9-20-16-19-7-8-25-16)12(18)5-6-13(15)23-4/h5-8H,9-10H2,1-4H3,(H,19,20)(H,21,22). The molecule has 0 aliphatic heterocycles. The molecule has 1 aromatic carbocycles. The molecule has 2 rings (SSSR count). The summed E-state index contributed by atoms with van der Waals surface area (Å²) in [7, 11) is 1.57. The summed E-state index contributed by atoms with van der Waals surface area (Å²) in [5, 5.41) is 8.83. The molecule has 0 aliphatic rings. The number of rotatable bonds is 7. The molecule has 0 spiro atoms. The van der Waals surface area contributed by atoms with Crippen molar-refractivity contribution in [1.82, 2.24) is 10.3 Å². The maximum atomic E-state index is 12.1. The first kappa shape index (κ1) is 19.5. The van der Waals surface area contributed by atoms with Crippen molar-refractivity contribution in [3.8, 4) is 11.5 Å². The summed E-state index contributed by atoms with van der Waals surface area (Å²) in [6.45, 7) is 6.17. The summed E-state index contributed by atoms with van der Waals surface area (Å²) >= 11 is 5.05. The van der Waals surface area contributed by atoms with E-state index in [0.717, 1.165) is 15.2 Å². The number of thiazole rings is 1. The van der Waals surface area contributed by atoms with Crippen molar-refractivity contribution in [2.75, 3.05) is 19.0 Å². The molecule has 1 amide bonds. The zero-order valence-electron chi connectivity index (χ0n) is 14.7. The Labute approximate surface area is 160 Å². The first-order valence-electron chi connectivity index (χ1n) is 7.72. The fourth-order valence-corrected chi connectivity index (χ4v) is 3.11. The Morgan fingerprint density at radius 2 is 2.12 bits per heavy atom. The van der Waals surface area contributed by atoms with Crippen LogP contribution in [0.15, 0.2) is 28.2 Å². The molecule has 6 nitrogen and oxygen atoms in total. The summed E-state index contributed by atoms with van der Waals surface area (Å²) in [5.41, 5.74) is 0.551. The van der Waals surface area contributed by atoms with Crippen LogP contribution in [-0.2, 0) is 11.3 Å². The lowest BCUT2D eigenvalue weighted by molar-refractivity contribution is -0.124. The van der Waals surface area contributed by atoms with Gasteiger partial charge in [-0.3, -0.25) is 4.79 Å². The van der Waals surface area contributed by atoms with E-state index in [1.807, 2.05) is 32.2 Å². The minimum atomic E-state index is -0.309. The maximum Gasteiger partial charge on any atom is 0.258 e. The number of carbonyl (C=O) groups excluding carboxylic acids is 1. The molecule has 0 saturated heterocycles. The quantitative estimate of drug-likeness (QED) is 0.702. The van der Waals surface area contributed by atoms with Gasteiger partial charge in [-0.2, -0.15) is 0 Å². The van der Waals surface area contributed by atoms with Crippen molar-refractivity contribution >= 4 is 38.3 Å². The topological polar surface area (TPSA) is 72.5 Å². The monoisotopic (exact) mass is 427 g/mol. The van der Waals surface area contributed by atoms with E-state index >= 15 is 0 Å². The second kappa shape index (κ2) is 8.53. The number of nitrogens with one attached hydrogen (secondary N) is 2. The number of benzene rings is 1. The van der Waals surface area contributed by atoms with Crippen molar-refractivity contribution in [3.05, 3.63) is 33.7 Å². The number of aromatic nitrogens is 1. The molecule has 0 fully saturated rings. The SMILES string of the molecule is COc1ccc(Br)c(CNc2nccs2)c1OCC(=O)NC(C)(C)C. The second-order valence-corrected chi connectivity index (χ2v) is 8.08. The molecule has 0 unspecified atom stereocenters. The Balaban J connectivity index is 2.16. The van der Waals surface area contributed by atoms with Gasteiger partial charge in [0.15, 0.2) is 23.2 Å². The number of anilines is 1. The number of hydrogen-bond donors (Lipinski definition) is 2. The van der Waals surface area contributed by atoms with Gasteiger partial charge in [0.05, 0.1) is 7.11 Å². The van der Waals surface area contributed by atoms with Crippen LogP contribution >= 0.6 is 27.3 Å². The number of nitrogens with zero attached hydrogens (tertiary/aromatic N) is 1. The Morgan fingerprint density at radius 1 is 1.36 bits per heavy atom. The molecule has 2 aromatic rings. The number of methoxy groups -OCH3 is 1. The first-order chi connectivity index (χ1) is 11.8. The van der Waals surface area contributed by atoms with Crippen molar-refractivity contribution < 1.29 is 14.3 Å². The molecule has 8 heteroatoms. The normalized spacial score (nSPS) is 11.1. The maximum absolute atomic E-state index is 12.1. The largest absolute Gasteiger partial charge is 0.493 e. The molecular weight excluding hydrogens is 406 g/mol. The lowest BCUT2D eigenvalue weighted by atomic mass is 10.1. The van der Waals surface area contributed by atoms with Crippen molar-refractivity contribution in [2.45, 2.75) is 32.9 Å². The Morgan fingerprint density at radius 3 is 2.72 bits per heavy atom. The van der Waals surface area contributed by atoms with Crippen LogP contribution < -0.4 is 20.1 Å². The second-order valence-electron chi connectivity index (χ2n) is 6.33. The smallest absolute Gasteiger partial charge is 0.258 e. The minimum absolute atomic E-state index is 0.0890. The van der Waals surface area contributed by atoms with Gasteiger partial charge in [-0.15, -0.1) is 11.3 Å². The highest BCUT2D eigenvalue weighted by Crippen LogP contribution is 2.36. The Bertz CT molecular complexity index is 715. The lowest BCUT2D eigenvalue weighted by Gasteiger charge is -2.21. The van der Waals surface area contributed by atoms with E-state index in [4.69, 9.17) is 9.47 Å². The Kier molecular flexibility index (Phi) is 6.66. The van der Waals surface area contributed by atoms with Gasteiger partial charge < -0.3 is 20.1 Å². The van der Waals surface area contributed by atoms with Gasteiger partial charge in [0, 0.05) is 33.7 Å². The van der Waals surface area contributed by atoms with Crippen molar-refractivity contribution in [3.63, 3.8) is 0 Å². The summed E-state index contributed by atoms with van der Waals surface area (Å²) in [6, 6.07) is 3.69. The van der Waals surface area contributed by atoms with E-state index in [-0.39, 0.29) is 18.1 Å². The summed E-state index contributed by atoms with van der Waals surface area (Å²) in [6.07, 6.45) is 1.74. The van der Waals surface area contributed by atoms with Crippen molar-refractivity contribution in [1.29, 1.82) is 0 Å². The van der Waals surface area contributed by atoms with Crippen LogP contribution in [0.3, 0.4) is 0 Å². The molecule has 0 atom stereocenters. The molecule has 136 valence electrons. The molecule has 0 radical (unpaired) electrons. The van der Waals surface area contributed by atoms with Crippen LogP contribution in [0.2, 0.25) is 0 Å². The van der Waals surface area contributed by atoms with Crippen LogP contribution in [0.25, 0.3) is 0 Å². The third-order valence-electron chi connectivity index (χ3n) is 3.10. The van der Waals surface area contributed by atoms with Gasteiger partial charge in [-0.25, -0.2) is 4.98 Å². The van der Waals surface area contributed by atoms with E-state index < -0.39 is 0 Å². The van der Waals surface area contributed by atoms with Gasteiger partial charge in [0.25, 0.3) is 5.91 Å². The molecule has 1 heterocycles. The highest BCUT2D eigenvalue weighted by atomic mass is 79.9. The zero-order valence-corrected chi connectivity index (χ0v) is 17.1. The van der Waals surface area contributed by atoms with E-state index in [0.29, 0.717) is 18.0 Å². The average Bonchev–Trinajstić information content (AvgIpc) is 3.03. The summed E-state index contributed by atoms with van der Waals surface area (Å²) in [4.78, 5) is 16.3. The average molecular weight is 428 g/mol. The van der Waals surface area contributed by atoms with E-state index in [2.05, 4.69) is 31.5 Å². The first-order valence-corrected chi connectivity index (χ1v) is 9.40. The van der Waals surface area contributed by atoms with Crippen LogP contribution in [-0.4, -0.2) is 30.1 Å². The predicted octanol–water partition coefficient (Wildman–Crippen LogP) is 3.82. The third-order valence-corrected chi connectivity index (χ3v) is 4.57. The van der Waals surface area contributed by atoms with Crippen LogP contribution in [0.4, 0.5) is 5.13 Å². The number of hydrogen-bond acceptors (Lipinski definition) is 6. The van der Waals surface area contributed by atoms with Gasteiger partial charge in [0.2, 0.25) is 0 Å². The zero-order chi connectivity index (χ0) is 18.4. The van der Waals surface area contributed by atoms with E-state index in [1.54, 1.807) is 19.4 Å². The molecule has 25 heavy (non-hydrogen) atoms. The Hall–Kier alpha value is -1.80. The van der Waals surface area contributed by atoms with Gasteiger partial charge in [0.1, 0.15) is 0 Å². The van der Waals surface area contributed by atoms with Crippen LogP contribution in [0.5, 0.6) is 11.5 Å². The summed E-state index contributed by atoms with van der Waals surface area (Å²) in [5.74, 6) is 0.918. The molecule has 0 saturated carbocycles. The number of amides is 1. The van der Waals surface area contributed by atoms with Gasteiger partial charge >= 0.3 is 0 Å². The fraction of sp³-hybridized carbons (Fsp3) is 0.412. The summed E-state index contributed by atoms with van der Waals surface area (Å²) < 4.78 is 12.1. The number of halogens is 1. The minimum Gasteiger partial charge on any atom is -0.493 e. The van der Waals surface area contributed by atoms with Crippen molar-refractivity contribution in [2.24, 2.45) is 0 Å². The highest BCUT2D eigenvalue weighted by molar-refractivity contribution is 9.10. The molecule has 0 bridgehead atoms. The molecule has 1 aromatic heterocycles. The van der Waals surface area contributed by atoms with Gasteiger partial charge in [-0.05, 0) is 32.9 Å². The highest BCUT2D eigenvalue weighted by Gasteiger charge is 2.18. The number of ether oxygens (including phenoxy) is 2. The van der Waals surface area contributed by atoms with E-state index in [9.17, 15) is 4.79 Å². The van der Waals surface area contributed by atoms with E-state index in [1.165, 1.54) is 11.3 Å². The predicted molar refractivity (Wildman–Crippen MR) is 104 cm³/mol. The van der Waals surface area contributed by atoms with Gasteiger partial charge in [-0.1, -0.05) is 15.9 Å². The van der Waals surface area contributed by atoms with Crippen LogP contribution in [0.1, 0.15) is 26.3 Å². The fourth-order valence-electron chi connectivity index (χ4n) is 2.13. The molecule has 0 aliphatic carbocycles. The molecule has 2 N–H and O–H groups in total. The van der Waals surface area contributed by atoms with Crippen LogP contribution in [0, 0.1) is 0 Å². The number of carbonyl (C=O) groups is 1.